The number of nitrogens with zero attached hydrogens (tertiary/aromatic N) is 1. The molecule has 0 aliphatic rings. The summed E-state index contributed by atoms with van der Waals surface area (Å²) in [6.07, 6.45) is 46.6. The SMILES string of the molecule is CC/C=C\C/C=C\C/C=C\C/C=C\C/C=C\C/C=C\CCC(=O)O[C@H](COC(=O)CCCCCCCCCCCCCCC)COP(=O)([O-])OCC[N+](C)(C)C. The molecule has 9 nitrogen and oxygen atoms in total. The van der Waals surface area contributed by atoms with Crippen molar-refractivity contribution in [3.05, 3.63) is 72.9 Å². The topological polar surface area (TPSA) is 111 Å². The molecule has 0 aromatic carbocycles. The first-order chi connectivity index (χ1) is 27.0. The quantitative estimate of drug-likeness (QED) is 0.0199. The van der Waals surface area contributed by atoms with Crippen molar-refractivity contribution >= 4 is 19.8 Å². The van der Waals surface area contributed by atoms with Crippen LogP contribution in [0.3, 0.4) is 0 Å². The molecule has 0 fully saturated rings. The fourth-order valence-corrected chi connectivity index (χ4v) is 6.11. The van der Waals surface area contributed by atoms with Crippen LogP contribution in [0.25, 0.3) is 0 Å². The van der Waals surface area contributed by atoms with E-state index in [1.54, 1.807) is 0 Å². The molecule has 0 aliphatic heterocycles. The Labute approximate surface area is 342 Å². The van der Waals surface area contributed by atoms with E-state index in [0.717, 1.165) is 57.8 Å². The Hall–Kier alpha value is -2.55. The number of rotatable bonds is 38. The maximum Gasteiger partial charge on any atom is 0.306 e. The monoisotopic (exact) mass is 806 g/mol. The summed E-state index contributed by atoms with van der Waals surface area (Å²) in [6, 6.07) is 0. The van der Waals surface area contributed by atoms with Crippen LogP contribution in [0.4, 0.5) is 0 Å². The molecular weight excluding hydrogens is 725 g/mol. The lowest BCUT2D eigenvalue weighted by Gasteiger charge is -2.28. The normalized spacial score (nSPS) is 14.3. The number of hydrogen-bond donors (Lipinski definition) is 0. The summed E-state index contributed by atoms with van der Waals surface area (Å²) >= 11 is 0. The number of ether oxygens (including phenoxy) is 2. The van der Waals surface area contributed by atoms with Crippen molar-refractivity contribution in [2.24, 2.45) is 0 Å². The fourth-order valence-electron chi connectivity index (χ4n) is 5.39. The van der Waals surface area contributed by atoms with Gasteiger partial charge < -0.3 is 27.9 Å². The zero-order valence-electron chi connectivity index (χ0n) is 36.1. The van der Waals surface area contributed by atoms with Crippen molar-refractivity contribution in [3.63, 3.8) is 0 Å². The van der Waals surface area contributed by atoms with E-state index in [1.807, 2.05) is 33.3 Å². The maximum absolute atomic E-state index is 12.6. The minimum atomic E-state index is -4.65. The van der Waals surface area contributed by atoms with Gasteiger partial charge in [-0.2, -0.15) is 0 Å². The highest BCUT2D eigenvalue weighted by molar-refractivity contribution is 7.45. The number of likely N-dealkylation sites (N-methyl/N-ethyl adjacent to an activating group) is 1. The van der Waals surface area contributed by atoms with Gasteiger partial charge in [0.2, 0.25) is 0 Å². The van der Waals surface area contributed by atoms with E-state index in [4.69, 9.17) is 18.5 Å². The molecule has 0 bridgehead atoms. The Balaban J connectivity index is 4.51. The van der Waals surface area contributed by atoms with E-state index in [0.29, 0.717) is 17.4 Å². The third kappa shape index (κ3) is 41.1. The van der Waals surface area contributed by atoms with Gasteiger partial charge in [-0.05, 0) is 51.4 Å². The number of unbranched alkanes of at least 4 members (excludes halogenated alkanes) is 12. The summed E-state index contributed by atoms with van der Waals surface area (Å²) in [5.41, 5.74) is 0. The lowest BCUT2D eigenvalue weighted by Crippen LogP contribution is -2.37. The number of esters is 2. The Morgan fingerprint density at radius 3 is 1.48 bits per heavy atom. The number of allylic oxidation sites excluding steroid dienone is 12. The van der Waals surface area contributed by atoms with Gasteiger partial charge in [-0.25, -0.2) is 0 Å². The number of hydrogen-bond acceptors (Lipinski definition) is 8. The molecule has 0 saturated heterocycles. The van der Waals surface area contributed by atoms with E-state index in [-0.39, 0.29) is 26.1 Å². The Kier molecular flexibility index (Phi) is 36.3. The molecule has 56 heavy (non-hydrogen) atoms. The molecule has 0 radical (unpaired) electrons. The number of phosphoric ester groups is 1. The van der Waals surface area contributed by atoms with Gasteiger partial charge in [0, 0.05) is 12.8 Å². The molecule has 0 aromatic heterocycles. The van der Waals surface area contributed by atoms with Crippen LogP contribution in [0.2, 0.25) is 0 Å². The van der Waals surface area contributed by atoms with Crippen LogP contribution in [0, 0.1) is 0 Å². The highest BCUT2D eigenvalue weighted by atomic mass is 31.2. The standard InChI is InChI=1S/C46H80NO8P/c1-6-8-10-12-14-16-18-20-21-22-23-24-25-27-29-31-33-35-37-39-46(49)55-44(43-54-56(50,51)53-41-40-47(3,4)5)42-52-45(48)38-36-34-32-30-28-26-19-17-15-13-11-9-7-2/h8,10,14,16,20-21,23-24,27,29,33,35,44H,6-7,9,11-13,15,17-19,22,25-26,28,30-32,34,36-43H2,1-5H3/b10-8-,16-14-,21-20-,24-23-,29-27-,35-33-/t44-/m1/s1. The van der Waals surface area contributed by atoms with Crippen LogP contribution in [0.1, 0.15) is 155 Å². The molecule has 10 heteroatoms. The highest BCUT2D eigenvalue weighted by Crippen LogP contribution is 2.38. The van der Waals surface area contributed by atoms with Gasteiger partial charge in [-0.1, -0.05) is 164 Å². The number of carbonyl (C=O) groups is 2. The molecule has 0 amide bonds. The van der Waals surface area contributed by atoms with Crippen LogP contribution in [-0.2, 0) is 32.7 Å². The minimum Gasteiger partial charge on any atom is -0.756 e. The number of carbonyl (C=O) groups excluding carboxylic acids is 2. The number of phosphoric acid groups is 1. The zero-order chi connectivity index (χ0) is 41.4. The van der Waals surface area contributed by atoms with Gasteiger partial charge >= 0.3 is 11.9 Å². The van der Waals surface area contributed by atoms with Gasteiger partial charge in [0.25, 0.3) is 7.82 Å². The maximum atomic E-state index is 12.6. The largest absolute Gasteiger partial charge is 0.756 e. The smallest absolute Gasteiger partial charge is 0.306 e. The molecular formula is C46H80NO8P. The molecule has 0 spiro atoms. The molecule has 0 aliphatic carbocycles. The Bertz CT molecular complexity index is 1180. The molecule has 0 aromatic rings. The average Bonchev–Trinajstić information content (AvgIpc) is 3.15. The Morgan fingerprint density at radius 1 is 0.571 bits per heavy atom. The summed E-state index contributed by atoms with van der Waals surface area (Å²) in [5.74, 6) is -0.936. The average molecular weight is 806 g/mol. The third-order valence-electron chi connectivity index (χ3n) is 8.75. The summed E-state index contributed by atoms with van der Waals surface area (Å²) in [5, 5.41) is 0. The predicted octanol–water partition coefficient (Wildman–Crippen LogP) is 11.6. The van der Waals surface area contributed by atoms with Gasteiger partial charge in [-0.3, -0.25) is 14.2 Å². The van der Waals surface area contributed by atoms with Gasteiger partial charge in [0.15, 0.2) is 6.10 Å². The lowest BCUT2D eigenvalue weighted by molar-refractivity contribution is -0.870. The van der Waals surface area contributed by atoms with E-state index in [1.165, 1.54) is 64.2 Å². The van der Waals surface area contributed by atoms with Crippen molar-refractivity contribution in [1.29, 1.82) is 0 Å². The molecule has 0 saturated carbocycles. The Morgan fingerprint density at radius 2 is 1.02 bits per heavy atom. The fraction of sp³-hybridized carbons (Fsp3) is 0.696. The molecule has 2 atom stereocenters. The zero-order valence-corrected chi connectivity index (χ0v) is 36.9. The summed E-state index contributed by atoms with van der Waals surface area (Å²) < 4.78 is 33.8. The molecule has 0 heterocycles. The van der Waals surface area contributed by atoms with Crippen LogP contribution in [0.15, 0.2) is 72.9 Å². The van der Waals surface area contributed by atoms with Crippen LogP contribution in [-0.4, -0.2) is 70.0 Å². The van der Waals surface area contributed by atoms with Crippen molar-refractivity contribution in [2.75, 3.05) is 47.5 Å². The molecule has 322 valence electrons. The van der Waals surface area contributed by atoms with Gasteiger partial charge in [0.05, 0.1) is 27.7 Å². The summed E-state index contributed by atoms with van der Waals surface area (Å²) in [7, 11) is 1.11. The van der Waals surface area contributed by atoms with Crippen LogP contribution >= 0.6 is 7.82 Å². The molecule has 1 unspecified atom stereocenters. The summed E-state index contributed by atoms with van der Waals surface area (Å²) in [4.78, 5) is 37.5. The first-order valence-electron chi connectivity index (χ1n) is 21.6. The molecule has 0 rings (SSSR count). The van der Waals surface area contributed by atoms with Crippen molar-refractivity contribution in [2.45, 2.75) is 161 Å². The highest BCUT2D eigenvalue weighted by Gasteiger charge is 2.21. The van der Waals surface area contributed by atoms with Crippen molar-refractivity contribution in [1.82, 2.24) is 0 Å². The van der Waals surface area contributed by atoms with E-state index in [2.05, 4.69) is 74.6 Å². The van der Waals surface area contributed by atoms with Gasteiger partial charge in [0.1, 0.15) is 19.8 Å². The molecule has 0 N–H and O–H groups in total. The second-order valence-corrected chi connectivity index (χ2v) is 16.7. The predicted molar refractivity (Wildman–Crippen MR) is 231 cm³/mol. The second-order valence-electron chi connectivity index (χ2n) is 15.3. The van der Waals surface area contributed by atoms with Crippen LogP contribution < -0.4 is 4.89 Å². The minimum absolute atomic E-state index is 0.0468. The van der Waals surface area contributed by atoms with Crippen LogP contribution in [0.5, 0.6) is 0 Å². The van der Waals surface area contributed by atoms with E-state index < -0.39 is 32.5 Å². The lowest BCUT2D eigenvalue weighted by atomic mass is 10.0. The third-order valence-corrected chi connectivity index (χ3v) is 9.72. The first kappa shape index (κ1) is 53.5. The van der Waals surface area contributed by atoms with Gasteiger partial charge in [-0.15, -0.1) is 0 Å². The van der Waals surface area contributed by atoms with Crippen molar-refractivity contribution < 1.29 is 42.1 Å². The van der Waals surface area contributed by atoms with E-state index >= 15 is 0 Å². The summed E-state index contributed by atoms with van der Waals surface area (Å²) in [6.45, 7) is 4.01. The number of quaternary nitrogens is 1. The van der Waals surface area contributed by atoms with Crippen molar-refractivity contribution in [3.8, 4) is 0 Å². The first-order valence-corrected chi connectivity index (χ1v) is 23.1. The van der Waals surface area contributed by atoms with E-state index in [9.17, 15) is 19.0 Å². The second kappa shape index (κ2) is 38.0.